The molecule has 28 heavy (non-hydrogen) atoms. The molecule has 0 saturated carbocycles. The Morgan fingerprint density at radius 1 is 0.857 bits per heavy atom. The number of amides is 1. The third-order valence-corrected chi connectivity index (χ3v) is 4.00. The van der Waals surface area contributed by atoms with E-state index in [1.54, 1.807) is 24.3 Å². The molecule has 0 atom stereocenters. The molecule has 0 radical (unpaired) electrons. The van der Waals surface area contributed by atoms with Crippen molar-refractivity contribution in [2.45, 2.75) is 6.61 Å². The number of hydrogen-bond acceptors (Lipinski definition) is 5. The molecule has 0 spiro atoms. The van der Waals surface area contributed by atoms with E-state index in [2.05, 4.69) is 15.5 Å². The van der Waals surface area contributed by atoms with Crippen molar-refractivity contribution in [2.75, 3.05) is 5.32 Å². The van der Waals surface area contributed by atoms with Crippen LogP contribution in [0.3, 0.4) is 0 Å². The molecule has 138 valence electrons. The number of carbonyl (C=O) groups is 1. The molecule has 1 amide bonds. The van der Waals surface area contributed by atoms with Gasteiger partial charge in [-0.3, -0.25) is 4.79 Å². The molecule has 0 aliphatic heterocycles. The summed E-state index contributed by atoms with van der Waals surface area (Å²) in [6.45, 7) is 0.483. The second kappa shape index (κ2) is 8.18. The summed E-state index contributed by atoms with van der Waals surface area (Å²) in [7, 11) is 0. The Labute approximate surface area is 161 Å². The van der Waals surface area contributed by atoms with Crippen LogP contribution >= 0.6 is 0 Å². The van der Waals surface area contributed by atoms with Gasteiger partial charge in [0.1, 0.15) is 12.4 Å². The molecular formula is C22H17N3O3. The quantitative estimate of drug-likeness (QED) is 0.537. The second-order valence-corrected chi connectivity index (χ2v) is 6.03. The summed E-state index contributed by atoms with van der Waals surface area (Å²) >= 11 is 0. The predicted octanol–water partition coefficient (Wildman–Crippen LogP) is 4.57. The number of ether oxygens (including phenoxy) is 1. The van der Waals surface area contributed by atoms with Crippen molar-refractivity contribution in [1.29, 1.82) is 0 Å². The molecule has 0 unspecified atom stereocenters. The normalized spacial score (nSPS) is 10.4. The van der Waals surface area contributed by atoms with Gasteiger partial charge in [0.2, 0.25) is 5.89 Å². The Morgan fingerprint density at radius 3 is 2.25 bits per heavy atom. The third kappa shape index (κ3) is 4.24. The number of hydrogen-bond donors (Lipinski definition) is 1. The number of carbonyl (C=O) groups excluding carboxylic acids is 1. The van der Waals surface area contributed by atoms with E-state index in [1.165, 1.54) is 0 Å². The lowest BCUT2D eigenvalue weighted by molar-refractivity contribution is 0.0991. The second-order valence-electron chi connectivity index (χ2n) is 6.03. The van der Waals surface area contributed by atoms with Crippen LogP contribution in [0, 0.1) is 0 Å². The van der Waals surface area contributed by atoms with E-state index in [4.69, 9.17) is 9.15 Å². The molecule has 1 aromatic heterocycles. The van der Waals surface area contributed by atoms with E-state index in [9.17, 15) is 4.79 Å². The highest BCUT2D eigenvalue weighted by Crippen LogP contribution is 2.20. The van der Waals surface area contributed by atoms with Crippen molar-refractivity contribution < 1.29 is 13.9 Å². The Hall–Kier alpha value is -3.93. The fourth-order valence-corrected chi connectivity index (χ4v) is 2.57. The zero-order valence-electron chi connectivity index (χ0n) is 14.9. The smallest absolute Gasteiger partial charge is 0.313 e. The summed E-state index contributed by atoms with van der Waals surface area (Å²) < 4.78 is 11.2. The number of nitrogens with zero attached hydrogens (tertiary/aromatic N) is 2. The first-order valence-electron chi connectivity index (χ1n) is 8.75. The van der Waals surface area contributed by atoms with Crippen LogP contribution in [-0.2, 0) is 6.61 Å². The van der Waals surface area contributed by atoms with Gasteiger partial charge in [-0.05, 0) is 42.0 Å². The van der Waals surface area contributed by atoms with E-state index in [-0.39, 0.29) is 5.89 Å². The molecule has 0 saturated heterocycles. The molecule has 4 rings (SSSR count). The molecule has 1 N–H and O–H groups in total. The summed E-state index contributed by atoms with van der Waals surface area (Å²) in [5.74, 6) is 0.456. The van der Waals surface area contributed by atoms with Gasteiger partial charge in [0, 0.05) is 11.3 Å². The molecule has 1 heterocycles. The Bertz CT molecular complexity index is 1050. The largest absolute Gasteiger partial charge is 0.489 e. The SMILES string of the molecule is O=C(Nc1ccc(OCc2ccccc2)cc1)c1nnc(-c2ccccc2)o1. The molecule has 3 aromatic carbocycles. The fourth-order valence-electron chi connectivity index (χ4n) is 2.57. The topological polar surface area (TPSA) is 77.2 Å². The van der Waals surface area contributed by atoms with Crippen molar-refractivity contribution in [2.24, 2.45) is 0 Å². The van der Waals surface area contributed by atoms with Crippen LogP contribution in [0.2, 0.25) is 0 Å². The predicted molar refractivity (Wildman–Crippen MR) is 105 cm³/mol. The standard InChI is InChI=1S/C22H17N3O3/c26-20(22-25-24-21(28-22)17-9-5-2-6-10-17)23-18-11-13-19(14-12-18)27-15-16-7-3-1-4-8-16/h1-14H,15H2,(H,23,26). The Balaban J connectivity index is 1.36. The fraction of sp³-hybridized carbons (Fsp3) is 0.0455. The number of anilines is 1. The Morgan fingerprint density at radius 2 is 1.54 bits per heavy atom. The molecule has 0 aliphatic carbocycles. The van der Waals surface area contributed by atoms with Crippen LogP contribution in [-0.4, -0.2) is 16.1 Å². The average Bonchev–Trinajstić information content (AvgIpc) is 3.25. The molecule has 4 aromatic rings. The van der Waals surface area contributed by atoms with Crippen molar-refractivity contribution in [3.05, 3.63) is 96.4 Å². The van der Waals surface area contributed by atoms with Crippen LogP contribution in [0.4, 0.5) is 5.69 Å². The summed E-state index contributed by atoms with van der Waals surface area (Å²) in [6, 6.07) is 26.3. The lowest BCUT2D eigenvalue weighted by Gasteiger charge is -2.07. The number of benzene rings is 3. The number of rotatable bonds is 6. The minimum atomic E-state index is -0.465. The molecule has 0 fully saturated rings. The highest BCUT2D eigenvalue weighted by atomic mass is 16.5. The van der Waals surface area contributed by atoms with Crippen molar-refractivity contribution in [3.63, 3.8) is 0 Å². The van der Waals surface area contributed by atoms with Crippen molar-refractivity contribution in [1.82, 2.24) is 10.2 Å². The maximum absolute atomic E-state index is 12.3. The highest BCUT2D eigenvalue weighted by Gasteiger charge is 2.16. The van der Waals surface area contributed by atoms with Gasteiger partial charge in [0.15, 0.2) is 0 Å². The molecule has 6 heteroatoms. The van der Waals surface area contributed by atoms with Crippen LogP contribution in [0.5, 0.6) is 5.75 Å². The summed E-state index contributed by atoms with van der Waals surface area (Å²) in [5.41, 5.74) is 2.45. The van der Waals surface area contributed by atoms with Crippen LogP contribution in [0.25, 0.3) is 11.5 Å². The highest BCUT2D eigenvalue weighted by molar-refractivity contribution is 6.00. The molecule has 0 bridgehead atoms. The Kier molecular flexibility index (Phi) is 5.11. The van der Waals surface area contributed by atoms with E-state index in [0.29, 0.717) is 23.9 Å². The minimum Gasteiger partial charge on any atom is -0.489 e. The average molecular weight is 371 g/mol. The lowest BCUT2D eigenvalue weighted by atomic mass is 10.2. The van der Waals surface area contributed by atoms with E-state index in [1.807, 2.05) is 60.7 Å². The first-order chi connectivity index (χ1) is 13.8. The molecule has 6 nitrogen and oxygen atoms in total. The lowest BCUT2D eigenvalue weighted by Crippen LogP contribution is -2.12. The van der Waals surface area contributed by atoms with Gasteiger partial charge >= 0.3 is 11.8 Å². The summed E-state index contributed by atoms with van der Waals surface area (Å²) in [4.78, 5) is 12.3. The van der Waals surface area contributed by atoms with Gasteiger partial charge in [0.25, 0.3) is 0 Å². The summed E-state index contributed by atoms with van der Waals surface area (Å²) in [6.07, 6.45) is 0. The van der Waals surface area contributed by atoms with Gasteiger partial charge in [-0.2, -0.15) is 0 Å². The zero-order valence-corrected chi connectivity index (χ0v) is 14.9. The van der Waals surface area contributed by atoms with Gasteiger partial charge in [0.05, 0.1) is 0 Å². The first-order valence-corrected chi connectivity index (χ1v) is 8.75. The van der Waals surface area contributed by atoms with Crippen molar-refractivity contribution >= 4 is 11.6 Å². The zero-order chi connectivity index (χ0) is 19.2. The van der Waals surface area contributed by atoms with E-state index < -0.39 is 5.91 Å². The molecular weight excluding hydrogens is 354 g/mol. The third-order valence-electron chi connectivity index (χ3n) is 4.00. The van der Waals surface area contributed by atoms with Crippen LogP contribution in [0.1, 0.15) is 16.2 Å². The van der Waals surface area contributed by atoms with Gasteiger partial charge in [-0.15, -0.1) is 10.2 Å². The monoisotopic (exact) mass is 371 g/mol. The molecule has 0 aliphatic rings. The number of nitrogens with one attached hydrogen (secondary N) is 1. The van der Waals surface area contributed by atoms with Gasteiger partial charge in [-0.25, -0.2) is 0 Å². The summed E-state index contributed by atoms with van der Waals surface area (Å²) in [5, 5.41) is 10.5. The maximum atomic E-state index is 12.3. The van der Waals surface area contributed by atoms with Gasteiger partial charge < -0.3 is 14.5 Å². The first kappa shape index (κ1) is 17.5. The van der Waals surface area contributed by atoms with E-state index in [0.717, 1.165) is 11.1 Å². The van der Waals surface area contributed by atoms with E-state index >= 15 is 0 Å². The van der Waals surface area contributed by atoms with Crippen LogP contribution in [0.15, 0.2) is 89.3 Å². The maximum Gasteiger partial charge on any atom is 0.313 e. The van der Waals surface area contributed by atoms with Crippen molar-refractivity contribution in [3.8, 4) is 17.2 Å². The van der Waals surface area contributed by atoms with Crippen LogP contribution < -0.4 is 10.1 Å². The number of aromatic nitrogens is 2. The minimum absolute atomic E-state index is 0.0942. The van der Waals surface area contributed by atoms with Gasteiger partial charge in [-0.1, -0.05) is 48.5 Å².